The smallest absolute Gasteiger partial charge is 0.0582 e. The summed E-state index contributed by atoms with van der Waals surface area (Å²) in [4.78, 5) is 0. The van der Waals surface area contributed by atoms with Crippen LogP contribution in [0.5, 0.6) is 0 Å². The third-order valence-corrected chi connectivity index (χ3v) is 3.78. The highest BCUT2D eigenvalue weighted by molar-refractivity contribution is 9.10. The molecule has 1 N–H and O–H groups in total. The Kier molecular flexibility index (Phi) is 3.51. The maximum Gasteiger partial charge on any atom is 0.0582 e. The van der Waals surface area contributed by atoms with Gasteiger partial charge in [0.1, 0.15) is 0 Å². The van der Waals surface area contributed by atoms with Crippen molar-refractivity contribution < 1.29 is 0 Å². The van der Waals surface area contributed by atoms with Gasteiger partial charge in [0.2, 0.25) is 0 Å². The van der Waals surface area contributed by atoms with Crippen LogP contribution in [0.4, 0.5) is 5.69 Å². The van der Waals surface area contributed by atoms with Gasteiger partial charge < -0.3 is 5.32 Å². The second-order valence-electron chi connectivity index (χ2n) is 4.34. The van der Waals surface area contributed by atoms with Crippen LogP contribution in [0.2, 0.25) is 0 Å². The Hall–Kier alpha value is -1.81. The third-order valence-electron chi connectivity index (χ3n) is 3.09. The van der Waals surface area contributed by atoms with E-state index in [2.05, 4.69) is 62.7 Å². The highest BCUT2D eigenvalue weighted by atomic mass is 79.9. The van der Waals surface area contributed by atoms with Crippen LogP contribution in [-0.2, 0) is 6.54 Å². The van der Waals surface area contributed by atoms with Crippen LogP contribution < -0.4 is 5.32 Å². The molecule has 0 radical (unpaired) electrons. The number of nitrogens with zero attached hydrogens (tertiary/aromatic N) is 2. The Morgan fingerprint density at radius 3 is 2.68 bits per heavy atom. The van der Waals surface area contributed by atoms with E-state index in [4.69, 9.17) is 0 Å². The van der Waals surface area contributed by atoms with E-state index in [0.29, 0.717) is 0 Å². The first-order valence-corrected chi connectivity index (χ1v) is 7.02. The van der Waals surface area contributed by atoms with Gasteiger partial charge >= 0.3 is 0 Å². The largest absolute Gasteiger partial charge is 0.383 e. The fourth-order valence-electron chi connectivity index (χ4n) is 2.15. The predicted octanol–water partition coefficient (Wildman–Crippen LogP) is 3.91. The van der Waals surface area contributed by atoms with E-state index in [1.54, 1.807) is 6.20 Å². The normalized spacial score (nSPS) is 10.8. The van der Waals surface area contributed by atoms with E-state index in [-0.39, 0.29) is 0 Å². The first-order chi connectivity index (χ1) is 9.34. The molecule has 3 rings (SSSR count). The molecule has 0 aliphatic rings. The van der Waals surface area contributed by atoms with Gasteiger partial charge in [0.05, 0.1) is 6.54 Å². The molecule has 19 heavy (non-hydrogen) atoms. The average Bonchev–Trinajstić information content (AvgIpc) is 2.95. The van der Waals surface area contributed by atoms with Gasteiger partial charge in [0.15, 0.2) is 0 Å². The number of fused-ring (bicyclic) bond motifs is 1. The summed E-state index contributed by atoms with van der Waals surface area (Å²) in [6.07, 6.45) is 3.77. The molecular weight excluding hydrogens is 302 g/mol. The lowest BCUT2D eigenvalue weighted by molar-refractivity contribution is 0.638. The summed E-state index contributed by atoms with van der Waals surface area (Å²) in [5.74, 6) is 0. The van der Waals surface area contributed by atoms with E-state index < -0.39 is 0 Å². The minimum absolute atomic E-state index is 0.854. The highest BCUT2D eigenvalue weighted by Gasteiger charge is 2.03. The second-order valence-corrected chi connectivity index (χ2v) is 5.19. The van der Waals surface area contributed by atoms with Crippen molar-refractivity contribution >= 4 is 32.4 Å². The molecule has 0 atom stereocenters. The fourth-order valence-corrected chi connectivity index (χ4v) is 2.63. The molecule has 3 nitrogen and oxygen atoms in total. The lowest BCUT2D eigenvalue weighted by Crippen LogP contribution is -2.10. The molecule has 4 heteroatoms. The summed E-state index contributed by atoms with van der Waals surface area (Å²) < 4.78 is 3.05. The lowest BCUT2D eigenvalue weighted by Gasteiger charge is -2.11. The quantitative estimate of drug-likeness (QED) is 0.791. The van der Waals surface area contributed by atoms with Gasteiger partial charge in [-0.15, -0.1) is 0 Å². The molecule has 0 spiro atoms. The van der Waals surface area contributed by atoms with E-state index in [9.17, 15) is 0 Å². The molecule has 0 aliphatic carbocycles. The first kappa shape index (κ1) is 12.2. The number of halogens is 1. The van der Waals surface area contributed by atoms with Crippen molar-refractivity contribution in [2.75, 3.05) is 11.9 Å². The van der Waals surface area contributed by atoms with Crippen LogP contribution in [0.3, 0.4) is 0 Å². The van der Waals surface area contributed by atoms with Gasteiger partial charge in [-0.3, -0.25) is 4.68 Å². The van der Waals surface area contributed by atoms with E-state index in [1.807, 2.05) is 16.9 Å². The van der Waals surface area contributed by atoms with E-state index in [1.165, 1.54) is 10.8 Å². The minimum atomic E-state index is 0.854. The molecule has 1 aromatic heterocycles. The Morgan fingerprint density at radius 1 is 1.05 bits per heavy atom. The molecule has 0 saturated carbocycles. The summed E-state index contributed by atoms with van der Waals surface area (Å²) >= 11 is 3.59. The summed E-state index contributed by atoms with van der Waals surface area (Å²) in [5, 5.41) is 10.1. The molecule has 0 aliphatic heterocycles. The number of hydrogen-bond donors (Lipinski definition) is 1. The van der Waals surface area contributed by atoms with Gasteiger partial charge in [-0.05, 0) is 23.6 Å². The molecule has 0 unspecified atom stereocenters. The average molecular weight is 316 g/mol. The third kappa shape index (κ3) is 2.63. The minimum Gasteiger partial charge on any atom is -0.383 e. The predicted molar refractivity (Wildman–Crippen MR) is 82.4 cm³/mol. The molecule has 0 bridgehead atoms. The molecule has 3 aromatic rings. The molecular formula is C15H14BrN3. The van der Waals surface area contributed by atoms with Gasteiger partial charge in [0.25, 0.3) is 0 Å². The fraction of sp³-hybridized carbons (Fsp3) is 0.133. The maximum absolute atomic E-state index is 4.19. The number of anilines is 1. The second kappa shape index (κ2) is 5.45. The van der Waals surface area contributed by atoms with Crippen LogP contribution in [0.25, 0.3) is 10.8 Å². The summed E-state index contributed by atoms with van der Waals surface area (Å²) in [6, 6.07) is 14.5. The van der Waals surface area contributed by atoms with E-state index >= 15 is 0 Å². The summed E-state index contributed by atoms with van der Waals surface area (Å²) in [6.45, 7) is 1.71. The number of aromatic nitrogens is 2. The Morgan fingerprint density at radius 2 is 1.89 bits per heavy atom. The summed E-state index contributed by atoms with van der Waals surface area (Å²) in [7, 11) is 0. The number of hydrogen-bond acceptors (Lipinski definition) is 2. The van der Waals surface area contributed by atoms with Crippen molar-refractivity contribution in [1.29, 1.82) is 0 Å². The molecule has 0 saturated heterocycles. The van der Waals surface area contributed by atoms with Gasteiger partial charge in [-0.25, -0.2) is 0 Å². The number of benzene rings is 2. The molecule has 2 aromatic carbocycles. The van der Waals surface area contributed by atoms with Crippen LogP contribution in [0.1, 0.15) is 0 Å². The molecule has 0 amide bonds. The van der Waals surface area contributed by atoms with E-state index in [0.717, 1.165) is 23.2 Å². The monoisotopic (exact) mass is 315 g/mol. The van der Waals surface area contributed by atoms with Crippen LogP contribution >= 0.6 is 15.9 Å². The zero-order valence-corrected chi connectivity index (χ0v) is 12.0. The van der Waals surface area contributed by atoms with Crippen LogP contribution in [-0.4, -0.2) is 16.3 Å². The number of nitrogens with one attached hydrogen (secondary N) is 1. The van der Waals surface area contributed by atoms with Gasteiger partial charge in [-0.2, -0.15) is 5.10 Å². The van der Waals surface area contributed by atoms with Crippen LogP contribution in [0, 0.1) is 0 Å². The number of rotatable bonds is 4. The molecule has 1 heterocycles. The Balaban J connectivity index is 1.79. The molecule has 0 fully saturated rings. The van der Waals surface area contributed by atoms with Crippen molar-refractivity contribution in [2.24, 2.45) is 0 Å². The van der Waals surface area contributed by atoms with Crippen molar-refractivity contribution in [3.05, 3.63) is 59.3 Å². The zero-order valence-electron chi connectivity index (χ0n) is 10.4. The van der Waals surface area contributed by atoms with Gasteiger partial charge in [-0.1, -0.05) is 40.2 Å². The SMILES string of the molecule is Brc1ccc(NCCn2cccn2)c2ccccc12. The van der Waals surface area contributed by atoms with Crippen molar-refractivity contribution in [2.45, 2.75) is 6.54 Å². The first-order valence-electron chi connectivity index (χ1n) is 6.23. The Bertz CT molecular complexity index is 677. The zero-order chi connectivity index (χ0) is 13.1. The van der Waals surface area contributed by atoms with Gasteiger partial charge in [0, 0.05) is 34.5 Å². The van der Waals surface area contributed by atoms with Crippen molar-refractivity contribution in [3.63, 3.8) is 0 Å². The topological polar surface area (TPSA) is 29.9 Å². The van der Waals surface area contributed by atoms with Crippen molar-refractivity contribution in [3.8, 4) is 0 Å². The van der Waals surface area contributed by atoms with Crippen molar-refractivity contribution in [1.82, 2.24) is 9.78 Å². The Labute approximate surface area is 120 Å². The summed E-state index contributed by atoms with van der Waals surface area (Å²) in [5.41, 5.74) is 1.16. The standard InChI is InChI=1S/C15H14BrN3/c16-14-6-7-15(13-5-2-1-4-12(13)14)17-9-11-19-10-3-8-18-19/h1-8,10,17H,9,11H2. The maximum atomic E-state index is 4.19. The lowest BCUT2D eigenvalue weighted by atomic mass is 10.1. The van der Waals surface area contributed by atoms with Crippen LogP contribution in [0.15, 0.2) is 59.3 Å². The highest BCUT2D eigenvalue weighted by Crippen LogP contribution is 2.29. The molecule has 96 valence electrons.